The first kappa shape index (κ1) is 14.0. The molecule has 0 atom stereocenters. The fraction of sp³-hybridized carbons (Fsp3) is 0. The van der Waals surface area contributed by atoms with Gasteiger partial charge in [0.15, 0.2) is 11.0 Å². The minimum Gasteiger partial charge on any atom is -0.295 e. The Balaban J connectivity index is 2.84. The summed E-state index contributed by atoms with van der Waals surface area (Å²) in [6.07, 6.45) is 0. The standard InChI is InChI=1S/C10H3Cl3F2N2O2/c11-4-1-3(2-5(12)6(4)14)17-9(18)7(15)8(13)16-10(17)19/h1-2H,(H,16,19). The number of benzene rings is 1. The van der Waals surface area contributed by atoms with Crippen molar-refractivity contribution in [2.45, 2.75) is 0 Å². The molecule has 0 amide bonds. The van der Waals surface area contributed by atoms with Crippen LogP contribution < -0.4 is 11.2 Å². The maximum Gasteiger partial charge on any atom is 0.334 e. The first-order chi connectivity index (χ1) is 8.82. The molecule has 0 aliphatic carbocycles. The Kier molecular flexibility index (Phi) is 3.66. The molecule has 1 aromatic carbocycles. The summed E-state index contributed by atoms with van der Waals surface area (Å²) < 4.78 is 27.0. The minimum atomic E-state index is -1.35. The van der Waals surface area contributed by atoms with Gasteiger partial charge in [-0.25, -0.2) is 13.8 Å². The van der Waals surface area contributed by atoms with E-state index >= 15 is 0 Å². The van der Waals surface area contributed by atoms with Gasteiger partial charge < -0.3 is 0 Å². The molecular formula is C10H3Cl3F2N2O2. The number of nitrogens with one attached hydrogen (secondary N) is 1. The molecule has 9 heteroatoms. The van der Waals surface area contributed by atoms with Gasteiger partial charge in [0.1, 0.15) is 0 Å². The van der Waals surface area contributed by atoms with Crippen molar-refractivity contribution < 1.29 is 8.78 Å². The molecule has 100 valence electrons. The zero-order chi connectivity index (χ0) is 14.3. The van der Waals surface area contributed by atoms with E-state index in [0.717, 1.165) is 12.1 Å². The Morgan fingerprint density at radius 2 is 1.53 bits per heavy atom. The van der Waals surface area contributed by atoms with Crippen LogP contribution in [0.5, 0.6) is 0 Å². The molecule has 1 N–H and O–H groups in total. The van der Waals surface area contributed by atoms with Gasteiger partial charge in [-0.15, -0.1) is 0 Å². The van der Waals surface area contributed by atoms with E-state index < -0.39 is 38.1 Å². The normalized spacial score (nSPS) is 10.8. The van der Waals surface area contributed by atoms with E-state index in [0.29, 0.717) is 4.57 Å². The van der Waals surface area contributed by atoms with Crippen molar-refractivity contribution in [3.05, 3.63) is 59.8 Å². The molecule has 0 fully saturated rings. The quantitative estimate of drug-likeness (QED) is 0.647. The van der Waals surface area contributed by atoms with E-state index in [1.165, 1.54) is 0 Å². The number of nitrogens with zero attached hydrogens (tertiary/aromatic N) is 1. The number of hydrogen-bond donors (Lipinski definition) is 1. The van der Waals surface area contributed by atoms with Gasteiger partial charge >= 0.3 is 5.69 Å². The smallest absolute Gasteiger partial charge is 0.295 e. The predicted octanol–water partition coefficient (Wildman–Crippen LogP) is 2.76. The molecular weight excluding hydrogens is 324 g/mol. The molecule has 0 bridgehead atoms. The van der Waals surface area contributed by atoms with Crippen LogP contribution in [0.2, 0.25) is 15.2 Å². The second-order valence-electron chi connectivity index (χ2n) is 3.42. The lowest BCUT2D eigenvalue weighted by atomic mass is 10.3. The topological polar surface area (TPSA) is 54.9 Å². The first-order valence-corrected chi connectivity index (χ1v) is 5.81. The molecule has 0 unspecified atom stereocenters. The monoisotopic (exact) mass is 326 g/mol. The van der Waals surface area contributed by atoms with E-state index in [9.17, 15) is 18.4 Å². The van der Waals surface area contributed by atoms with Crippen molar-refractivity contribution in [1.82, 2.24) is 9.55 Å². The zero-order valence-corrected chi connectivity index (χ0v) is 11.1. The van der Waals surface area contributed by atoms with E-state index in [-0.39, 0.29) is 5.69 Å². The highest BCUT2D eigenvalue weighted by Crippen LogP contribution is 2.25. The molecule has 2 aromatic rings. The van der Waals surface area contributed by atoms with Crippen molar-refractivity contribution >= 4 is 34.8 Å². The number of aromatic amines is 1. The van der Waals surface area contributed by atoms with E-state index in [2.05, 4.69) is 0 Å². The van der Waals surface area contributed by atoms with Gasteiger partial charge in [0.25, 0.3) is 5.56 Å². The molecule has 4 nitrogen and oxygen atoms in total. The van der Waals surface area contributed by atoms with Crippen LogP contribution in [-0.4, -0.2) is 9.55 Å². The molecule has 0 radical (unpaired) electrons. The van der Waals surface area contributed by atoms with E-state index in [1.54, 1.807) is 0 Å². The Labute approximate surface area is 119 Å². The van der Waals surface area contributed by atoms with Gasteiger partial charge in [-0.3, -0.25) is 9.78 Å². The number of H-pyrrole nitrogens is 1. The molecule has 0 aliphatic heterocycles. The maximum atomic E-state index is 13.4. The Bertz CT molecular complexity index is 762. The largest absolute Gasteiger partial charge is 0.334 e. The average molecular weight is 328 g/mol. The van der Waals surface area contributed by atoms with Gasteiger partial charge in [0.2, 0.25) is 5.82 Å². The SMILES string of the molecule is O=c1[nH]c(Cl)c(F)c(=O)n1-c1cc(Cl)c(F)c(Cl)c1. The summed E-state index contributed by atoms with van der Waals surface area (Å²) >= 11 is 16.4. The van der Waals surface area contributed by atoms with Gasteiger partial charge in [0, 0.05) is 0 Å². The highest BCUT2D eigenvalue weighted by atomic mass is 35.5. The van der Waals surface area contributed by atoms with Crippen LogP contribution >= 0.6 is 34.8 Å². The third-order valence-corrected chi connectivity index (χ3v) is 3.04. The van der Waals surface area contributed by atoms with Gasteiger partial charge in [-0.1, -0.05) is 34.8 Å². The number of hydrogen-bond acceptors (Lipinski definition) is 2. The summed E-state index contributed by atoms with van der Waals surface area (Å²) in [5.41, 5.74) is -2.49. The van der Waals surface area contributed by atoms with Crippen molar-refractivity contribution in [2.75, 3.05) is 0 Å². The van der Waals surface area contributed by atoms with E-state index in [4.69, 9.17) is 34.8 Å². The Hall–Kier alpha value is -1.37. The molecule has 19 heavy (non-hydrogen) atoms. The van der Waals surface area contributed by atoms with Gasteiger partial charge in [0.05, 0.1) is 15.7 Å². The predicted molar refractivity (Wildman–Crippen MR) is 67.6 cm³/mol. The number of halogens is 5. The highest BCUT2D eigenvalue weighted by molar-refractivity contribution is 6.35. The fourth-order valence-corrected chi connectivity index (χ4v) is 2.03. The summed E-state index contributed by atoms with van der Waals surface area (Å²) in [6.45, 7) is 0. The highest BCUT2D eigenvalue weighted by Gasteiger charge is 2.16. The van der Waals surface area contributed by atoms with Gasteiger partial charge in [-0.05, 0) is 12.1 Å². The summed E-state index contributed by atoms with van der Waals surface area (Å²) in [4.78, 5) is 25.1. The van der Waals surface area contributed by atoms with Crippen LogP contribution in [-0.2, 0) is 0 Å². The molecule has 1 aromatic heterocycles. The fourth-order valence-electron chi connectivity index (χ4n) is 1.39. The van der Waals surface area contributed by atoms with Crippen molar-refractivity contribution in [2.24, 2.45) is 0 Å². The molecule has 2 rings (SSSR count). The van der Waals surface area contributed by atoms with Crippen LogP contribution in [0.25, 0.3) is 5.69 Å². The van der Waals surface area contributed by atoms with Crippen molar-refractivity contribution in [1.29, 1.82) is 0 Å². The third kappa shape index (κ3) is 2.39. The molecule has 0 saturated carbocycles. The molecule has 1 heterocycles. The maximum absolute atomic E-state index is 13.4. The summed E-state index contributed by atoms with van der Waals surface area (Å²) in [6, 6.07) is 1.93. The Morgan fingerprint density at radius 1 is 1.00 bits per heavy atom. The van der Waals surface area contributed by atoms with Crippen molar-refractivity contribution in [3.63, 3.8) is 0 Å². The van der Waals surface area contributed by atoms with Crippen LogP contribution in [0.4, 0.5) is 8.78 Å². The Morgan fingerprint density at radius 3 is 2.05 bits per heavy atom. The second-order valence-corrected chi connectivity index (χ2v) is 4.61. The van der Waals surface area contributed by atoms with Crippen LogP contribution in [0.1, 0.15) is 0 Å². The molecule has 0 saturated heterocycles. The summed E-state index contributed by atoms with van der Waals surface area (Å²) in [5.74, 6) is -2.26. The van der Waals surface area contributed by atoms with Gasteiger partial charge in [-0.2, -0.15) is 4.39 Å². The van der Waals surface area contributed by atoms with Crippen LogP contribution in [0, 0.1) is 11.6 Å². The molecule has 0 aliphatic rings. The van der Waals surface area contributed by atoms with Crippen LogP contribution in [0.3, 0.4) is 0 Å². The molecule has 0 spiro atoms. The van der Waals surface area contributed by atoms with Crippen LogP contribution in [0.15, 0.2) is 21.7 Å². The summed E-state index contributed by atoms with van der Waals surface area (Å²) in [5, 5.41) is -1.54. The third-order valence-electron chi connectivity index (χ3n) is 2.23. The number of aromatic nitrogens is 2. The van der Waals surface area contributed by atoms with Crippen molar-refractivity contribution in [3.8, 4) is 5.69 Å². The lowest BCUT2D eigenvalue weighted by Crippen LogP contribution is -2.35. The zero-order valence-electron chi connectivity index (χ0n) is 8.81. The first-order valence-electron chi connectivity index (χ1n) is 4.68. The lowest BCUT2D eigenvalue weighted by Gasteiger charge is -2.07. The lowest BCUT2D eigenvalue weighted by molar-refractivity contribution is 0.584. The second kappa shape index (κ2) is 4.96. The number of rotatable bonds is 1. The minimum absolute atomic E-state index is 0.182. The van der Waals surface area contributed by atoms with E-state index in [1.807, 2.05) is 4.98 Å². The average Bonchev–Trinajstić information content (AvgIpc) is 2.33. The summed E-state index contributed by atoms with van der Waals surface area (Å²) in [7, 11) is 0.